The zero-order valence-corrected chi connectivity index (χ0v) is 13.4. The minimum atomic E-state index is -0.875. The van der Waals surface area contributed by atoms with Crippen LogP contribution in [0.2, 0.25) is 5.02 Å². The molecule has 3 rings (SSSR count). The van der Waals surface area contributed by atoms with Gasteiger partial charge in [-0.05, 0) is 37.1 Å². The summed E-state index contributed by atoms with van der Waals surface area (Å²) in [5.41, 5.74) is 0.868. The van der Waals surface area contributed by atoms with Crippen molar-refractivity contribution in [1.29, 1.82) is 0 Å². The van der Waals surface area contributed by atoms with Crippen LogP contribution in [0.15, 0.2) is 24.3 Å². The van der Waals surface area contributed by atoms with Gasteiger partial charge in [-0.2, -0.15) is 0 Å². The molecule has 0 bridgehead atoms. The molecule has 1 aliphatic heterocycles. The maximum Gasteiger partial charge on any atom is 0.407 e. The molecule has 0 saturated carbocycles. The predicted octanol–water partition coefficient (Wildman–Crippen LogP) is 2.79. The minimum Gasteiger partial charge on any atom is -0.467 e. The Bertz CT molecular complexity index is 693. The Labute approximate surface area is 138 Å². The summed E-state index contributed by atoms with van der Waals surface area (Å²) >= 11 is 5.95. The third-order valence-corrected chi connectivity index (χ3v) is 4.31. The molecule has 0 radical (unpaired) electrons. The van der Waals surface area contributed by atoms with Crippen LogP contribution in [0.25, 0.3) is 5.69 Å². The van der Waals surface area contributed by atoms with Gasteiger partial charge in [0, 0.05) is 24.0 Å². The summed E-state index contributed by atoms with van der Waals surface area (Å²) in [4.78, 5) is 12.5. The molecule has 1 amide bonds. The highest BCUT2D eigenvalue weighted by Gasteiger charge is 2.28. The van der Waals surface area contributed by atoms with Crippen molar-refractivity contribution in [3.8, 4) is 11.7 Å². The molecule has 1 fully saturated rings. The van der Waals surface area contributed by atoms with E-state index in [1.165, 1.54) is 4.90 Å². The van der Waals surface area contributed by atoms with Crippen molar-refractivity contribution >= 4 is 17.7 Å². The van der Waals surface area contributed by atoms with Gasteiger partial charge in [-0.3, -0.25) is 0 Å². The molecule has 2 heterocycles. The van der Waals surface area contributed by atoms with Gasteiger partial charge in [-0.15, -0.1) is 5.10 Å². The Balaban J connectivity index is 1.90. The molecule has 23 heavy (non-hydrogen) atoms. The van der Waals surface area contributed by atoms with E-state index in [1.807, 2.05) is 16.7 Å². The SMILES string of the molecule is COc1nnc(C2CCN(C(=O)O)CC2)n1-c1ccc(Cl)cc1. The fraction of sp³-hybridized carbons (Fsp3) is 0.400. The summed E-state index contributed by atoms with van der Waals surface area (Å²) in [6.07, 6.45) is 0.545. The first-order valence-electron chi connectivity index (χ1n) is 7.33. The molecular formula is C15H17ClN4O3. The number of hydrogen-bond acceptors (Lipinski definition) is 4. The van der Waals surface area contributed by atoms with E-state index in [2.05, 4.69) is 10.2 Å². The lowest BCUT2D eigenvalue weighted by Crippen LogP contribution is -2.37. The number of ether oxygens (including phenoxy) is 1. The van der Waals surface area contributed by atoms with E-state index in [1.54, 1.807) is 19.2 Å². The highest BCUT2D eigenvalue weighted by atomic mass is 35.5. The molecule has 0 aliphatic carbocycles. The van der Waals surface area contributed by atoms with E-state index in [-0.39, 0.29) is 5.92 Å². The number of nitrogens with zero attached hydrogens (tertiary/aromatic N) is 4. The highest BCUT2D eigenvalue weighted by molar-refractivity contribution is 6.30. The molecule has 0 unspecified atom stereocenters. The van der Waals surface area contributed by atoms with E-state index in [9.17, 15) is 4.79 Å². The van der Waals surface area contributed by atoms with Crippen LogP contribution in [0.1, 0.15) is 24.6 Å². The lowest BCUT2D eigenvalue weighted by atomic mass is 9.96. The van der Waals surface area contributed by atoms with E-state index in [4.69, 9.17) is 21.4 Å². The Morgan fingerprint density at radius 2 is 1.91 bits per heavy atom. The van der Waals surface area contributed by atoms with Crippen molar-refractivity contribution < 1.29 is 14.6 Å². The normalized spacial score (nSPS) is 15.7. The second-order valence-electron chi connectivity index (χ2n) is 5.40. The van der Waals surface area contributed by atoms with Crippen molar-refractivity contribution in [2.45, 2.75) is 18.8 Å². The second kappa shape index (κ2) is 6.45. The fourth-order valence-electron chi connectivity index (χ4n) is 2.84. The molecule has 8 heteroatoms. The van der Waals surface area contributed by atoms with Crippen molar-refractivity contribution in [3.63, 3.8) is 0 Å². The second-order valence-corrected chi connectivity index (χ2v) is 5.84. The van der Waals surface area contributed by atoms with Crippen LogP contribution in [-0.4, -0.2) is 51.1 Å². The molecule has 1 aromatic heterocycles. The van der Waals surface area contributed by atoms with Crippen LogP contribution in [0.3, 0.4) is 0 Å². The predicted molar refractivity (Wildman–Crippen MR) is 84.5 cm³/mol. The summed E-state index contributed by atoms with van der Waals surface area (Å²) in [5.74, 6) is 0.923. The molecular weight excluding hydrogens is 320 g/mol. The van der Waals surface area contributed by atoms with Crippen LogP contribution >= 0.6 is 11.6 Å². The number of halogens is 1. The van der Waals surface area contributed by atoms with Crippen LogP contribution in [0.4, 0.5) is 4.79 Å². The fourth-order valence-corrected chi connectivity index (χ4v) is 2.97. The zero-order chi connectivity index (χ0) is 16.4. The summed E-state index contributed by atoms with van der Waals surface area (Å²) in [6.45, 7) is 0.992. The van der Waals surface area contributed by atoms with Gasteiger partial charge < -0.3 is 14.7 Å². The highest BCUT2D eigenvalue weighted by Crippen LogP contribution is 2.31. The average Bonchev–Trinajstić information content (AvgIpc) is 2.99. The van der Waals surface area contributed by atoms with Gasteiger partial charge in [0.25, 0.3) is 0 Å². The molecule has 1 aromatic carbocycles. The van der Waals surface area contributed by atoms with E-state index in [0.717, 1.165) is 11.5 Å². The van der Waals surface area contributed by atoms with E-state index in [0.29, 0.717) is 37.0 Å². The number of amides is 1. The average molecular weight is 337 g/mol. The Morgan fingerprint density at radius 3 is 2.48 bits per heavy atom. The zero-order valence-electron chi connectivity index (χ0n) is 12.6. The van der Waals surface area contributed by atoms with Crippen LogP contribution in [0, 0.1) is 0 Å². The van der Waals surface area contributed by atoms with Gasteiger partial charge in [-0.1, -0.05) is 16.7 Å². The first-order valence-corrected chi connectivity index (χ1v) is 7.71. The largest absolute Gasteiger partial charge is 0.467 e. The third-order valence-electron chi connectivity index (χ3n) is 4.06. The van der Waals surface area contributed by atoms with Crippen LogP contribution < -0.4 is 4.74 Å². The molecule has 1 N–H and O–H groups in total. The molecule has 0 spiro atoms. The van der Waals surface area contributed by atoms with Crippen molar-refractivity contribution in [2.75, 3.05) is 20.2 Å². The number of carboxylic acid groups (broad SMARTS) is 1. The number of hydrogen-bond donors (Lipinski definition) is 1. The van der Waals surface area contributed by atoms with Crippen LogP contribution in [-0.2, 0) is 0 Å². The molecule has 122 valence electrons. The third kappa shape index (κ3) is 3.10. The first kappa shape index (κ1) is 15.6. The molecule has 0 atom stereocenters. The quantitative estimate of drug-likeness (QED) is 0.932. The topological polar surface area (TPSA) is 80.5 Å². The standard InChI is InChI=1S/C15H17ClN4O3/c1-23-14-18-17-13(10-6-8-19(9-7-10)15(21)22)20(14)12-4-2-11(16)3-5-12/h2-5,10H,6-9H2,1H3,(H,21,22). The maximum atomic E-state index is 11.0. The van der Waals surface area contributed by atoms with Crippen LogP contribution in [0.5, 0.6) is 6.01 Å². The number of likely N-dealkylation sites (tertiary alicyclic amines) is 1. The van der Waals surface area contributed by atoms with E-state index >= 15 is 0 Å². The van der Waals surface area contributed by atoms with Gasteiger partial charge in [0.1, 0.15) is 5.82 Å². The number of piperidine rings is 1. The lowest BCUT2D eigenvalue weighted by molar-refractivity contribution is 0.131. The van der Waals surface area contributed by atoms with Crippen molar-refractivity contribution in [2.24, 2.45) is 0 Å². The number of benzene rings is 1. The van der Waals surface area contributed by atoms with Gasteiger partial charge in [-0.25, -0.2) is 9.36 Å². The van der Waals surface area contributed by atoms with E-state index < -0.39 is 6.09 Å². The Morgan fingerprint density at radius 1 is 1.26 bits per heavy atom. The lowest BCUT2D eigenvalue weighted by Gasteiger charge is -2.29. The monoisotopic (exact) mass is 336 g/mol. The van der Waals surface area contributed by atoms with Crippen molar-refractivity contribution in [3.05, 3.63) is 35.1 Å². The minimum absolute atomic E-state index is 0.137. The smallest absolute Gasteiger partial charge is 0.407 e. The van der Waals surface area contributed by atoms with Gasteiger partial charge >= 0.3 is 12.1 Å². The molecule has 2 aromatic rings. The van der Waals surface area contributed by atoms with Gasteiger partial charge in [0.2, 0.25) is 0 Å². The van der Waals surface area contributed by atoms with Crippen molar-refractivity contribution in [1.82, 2.24) is 19.7 Å². The summed E-state index contributed by atoms with van der Waals surface area (Å²) in [5, 5.41) is 18.1. The maximum absolute atomic E-state index is 11.0. The molecule has 7 nitrogen and oxygen atoms in total. The number of methoxy groups -OCH3 is 1. The number of aromatic nitrogens is 3. The summed E-state index contributed by atoms with van der Waals surface area (Å²) in [6, 6.07) is 7.76. The Hall–Kier alpha value is -2.28. The summed E-state index contributed by atoms with van der Waals surface area (Å²) in [7, 11) is 1.55. The molecule has 1 saturated heterocycles. The first-order chi connectivity index (χ1) is 11.1. The van der Waals surface area contributed by atoms with Gasteiger partial charge in [0.15, 0.2) is 0 Å². The number of rotatable bonds is 3. The van der Waals surface area contributed by atoms with Gasteiger partial charge in [0.05, 0.1) is 12.8 Å². The number of carbonyl (C=O) groups is 1. The molecule has 1 aliphatic rings. The summed E-state index contributed by atoms with van der Waals surface area (Å²) < 4.78 is 7.17. The Kier molecular flexibility index (Phi) is 4.38.